The Hall–Kier alpha value is -2.74. The van der Waals surface area contributed by atoms with E-state index in [1.54, 1.807) is 0 Å². The van der Waals surface area contributed by atoms with E-state index < -0.39 is 0 Å². The van der Waals surface area contributed by atoms with Crippen LogP contribution in [0.4, 0.5) is 28.3 Å². The van der Waals surface area contributed by atoms with Gasteiger partial charge in [0.2, 0.25) is 11.9 Å². The summed E-state index contributed by atoms with van der Waals surface area (Å²) in [6.07, 6.45) is 0. The van der Waals surface area contributed by atoms with E-state index in [4.69, 9.17) is 5.73 Å². The lowest BCUT2D eigenvalue weighted by Crippen LogP contribution is -2.25. The Morgan fingerprint density at radius 3 is 2.43 bits per heavy atom. The maximum absolute atomic E-state index is 5.79. The topological polar surface area (TPSA) is 84.1 Å². The molecular formula is C15H15N7S. The van der Waals surface area contributed by atoms with E-state index in [0.29, 0.717) is 18.4 Å². The second-order valence-corrected chi connectivity index (χ2v) is 6.12. The van der Waals surface area contributed by atoms with Crippen LogP contribution >= 0.6 is 11.5 Å². The molecule has 7 nitrogen and oxygen atoms in total. The molecule has 116 valence electrons. The predicted octanol–water partition coefficient (Wildman–Crippen LogP) is 2.77. The largest absolute Gasteiger partial charge is 0.368 e. The van der Waals surface area contributed by atoms with Gasteiger partial charge in [-0.2, -0.15) is 19.3 Å². The van der Waals surface area contributed by atoms with Crippen molar-refractivity contribution in [2.45, 2.75) is 13.8 Å². The first-order valence-electron chi connectivity index (χ1n) is 7.17. The molecule has 1 aliphatic rings. The zero-order valence-electron chi connectivity index (χ0n) is 12.8. The van der Waals surface area contributed by atoms with E-state index in [1.165, 1.54) is 11.5 Å². The smallest absolute Gasteiger partial charge is 0.236 e. The van der Waals surface area contributed by atoms with Crippen LogP contribution in [0.2, 0.25) is 0 Å². The summed E-state index contributed by atoms with van der Waals surface area (Å²) < 4.78 is 4.38. The molecule has 0 atom stereocenters. The average Bonchev–Trinajstić information content (AvgIpc) is 3.10. The van der Waals surface area contributed by atoms with Gasteiger partial charge in [-0.25, -0.2) is 0 Å². The van der Waals surface area contributed by atoms with Crippen molar-refractivity contribution < 1.29 is 0 Å². The minimum Gasteiger partial charge on any atom is -0.368 e. The zero-order valence-corrected chi connectivity index (χ0v) is 13.6. The molecule has 3 heterocycles. The van der Waals surface area contributed by atoms with Gasteiger partial charge in [-0.1, -0.05) is 12.1 Å². The third kappa shape index (κ3) is 2.36. The van der Waals surface area contributed by atoms with Crippen LogP contribution in [0.5, 0.6) is 0 Å². The molecule has 0 radical (unpaired) electrons. The Labute approximate surface area is 137 Å². The normalized spacial score (nSPS) is 13.5. The second-order valence-electron chi connectivity index (χ2n) is 5.33. The molecule has 2 N–H and O–H groups in total. The fourth-order valence-electron chi connectivity index (χ4n) is 2.66. The SMILES string of the molecule is Cc1cc(N2CN(c3nc(C)nc(N)n3)c3ccccc32)sn1. The van der Waals surface area contributed by atoms with Crippen LogP contribution in [0.1, 0.15) is 11.5 Å². The Kier molecular flexibility index (Phi) is 3.12. The molecule has 8 heteroatoms. The van der Waals surface area contributed by atoms with E-state index >= 15 is 0 Å². The molecule has 0 saturated carbocycles. The van der Waals surface area contributed by atoms with E-state index in [9.17, 15) is 0 Å². The van der Waals surface area contributed by atoms with E-state index in [0.717, 1.165) is 22.1 Å². The van der Waals surface area contributed by atoms with Gasteiger partial charge in [0.05, 0.1) is 17.1 Å². The van der Waals surface area contributed by atoms with Gasteiger partial charge >= 0.3 is 0 Å². The molecule has 3 aromatic rings. The number of benzene rings is 1. The quantitative estimate of drug-likeness (QED) is 0.775. The molecule has 0 spiro atoms. The molecular weight excluding hydrogens is 310 g/mol. The van der Waals surface area contributed by atoms with Gasteiger partial charge in [-0.3, -0.25) is 4.90 Å². The summed E-state index contributed by atoms with van der Waals surface area (Å²) in [4.78, 5) is 17.0. The van der Waals surface area contributed by atoms with Crippen molar-refractivity contribution in [1.29, 1.82) is 0 Å². The highest BCUT2D eigenvalue weighted by atomic mass is 32.1. The number of hydrogen-bond acceptors (Lipinski definition) is 8. The van der Waals surface area contributed by atoms with Crippen LogP contribution in [-0.2, 0) is 0 Å². The zero-order chi connectivity index (χ0) is 16.0. The number of aromatic nitrogens is 4. The maximum atomic E-state index is 5.79. The summed E-state index contributed by atoms with van der Waals surface area (Å²) in [5.41, 5.74) is 8.95. The fraction of sp³-hybridized carbons (Fsp3) is 0.200. The third-order valence-corrected chi connectivity index (χ3v) is 4.53. The molecule has 4 rings (SSSR count). The van der Waals surface area contributed by atoms with E-state index in [2.05, 4.69) is 42.4 Å². The predicted molar refractivity (Wildman–Crippen MR) is 91.4 cm³/mol. The van der Waals surface area contributed by atoms with Crippen LogP contribution in [-0.4, -0.2) is 26.0 Å². The molecule has 2 aromatic heterocycles. The number of rotatable bonds is 2. The van der Waals surface area contributed by atoms with Crippen LogP contribution in [0.3, 0.4) is 0 Å². The van der Waals surface area contributed by atoms with Crippen molar-refractivity contribution in [2.24, 2.45) is 0 Å². The van der Waals surface area contributed by atoms with Gasteiger partial charge in [0.15, 0.2) is 0 Å². The van der Waals surface area contributed by atoms with Crippen molar-refractivity contribution in [2.75, 3.05) is 22.2 Å². The highest BCUT2D eigenvalue weighted by Gasteiger charge is 2.30. The highest BCUT2D eigenvalue weighted by Crippen LogP contribution is 2.44. The molecule has 23 heavy (non-hydrogen) atoms. The lowest BCUT2D eigenvalue weighted by Gasteiger charge is -2.18. The monoisotopic (exact) mass is 325 g/mol. The van der Waals surface area contributed by atoms with Gasteiger partial charge < -0.3 is 10.6 Å². The van der Waals surface area contributed by atoms with Gasteiger partial charge in [0.25, 0.3) is 0 Å². The summed E-state index contributed by atoms with van der Waals surface area (Å²) >= 11 is 1.49. The van der Waals surface area contributed by atoms with Gasteiger partial charge in [0, 0.05) is 0 Å². The molecule has 1 aromatic carbocycles. The highest BCUT2D eigenvalue weighted by molar-refractivity contribution is 7.10. The molecule has 0 saturated heterocycles. The van der Waals surface area contributed by atoms with E-state index in [1.807, 2.05) is 30.9 Å². The van der Waals surface area contributed by atoms with Crippen LogP contribution in [0, 0.1) is 13.8 Å². The Bertz CT molecular complexity index is 856. The van der Waals surface area contributed by atoms with Crippen LogP contribution in [0.25, 0.3) is 0 Å². The number of hydrogen-bond donors (Lipinski definition) is 1. The van der Waals surface area contributed by atoms with Crippen molar-refractivity contribution in [3.63, 3.8) is 0 Å². The van der Waals surface area contributed by atoms with Crippen molar-refractivity contribution in [3.05, 3.63) is 41.9 Å². The van der Waals surface area contributed by atoms with Crippen molar-refractivity contribution in [3.8, 4) is 0 Å². The number of nitrogens with zero attached hydrogens (tertiary/aromatic N) is 6. The summed E-state index contributed by atoms with van der Waals surface area (Å²) in [7, 11) is 0. The summed E-state index contributed by atoms with van der Waals surface area (Å²) in [6, 6.07) is 10.2. The van der Waals surface area contributed by atoms with E-state index in [-0.39, 0.29) is 5.95 Å². The summed E-state index contributed by atoms with van der Waals surface area (Å²) in [5.74, 6) is 1.40. The molecule has 0 aliphatic carbocycles. The van der Waals surface area contributed by atoms with Crippen LogP contribution < -0.4 is 15.5 Å². The second kappa shape index (κ2) is 5.17. The number of aryl methyl sites for hydroxylation is 2. The first-order valence-corrected chi connectivity index (χ1v) is 7.95. The number of para-hydroxylation sites is 2. The molecule has 0 amide bonds. The molecule has 0 fully saturated rings. The number of nitrogen functional groups attached to an aromatic ring is 1. The van der Waals surface area contributed by atoms with Crippen LogP contribution in [0.15, 0.2) is 30.3 Å². The minimum absolute atomic E-state index is 0.233. The van der Waals surface area contributed by atoms with Crippen molar-refractivity contribution in [1.82, 2.24) is 19.3 Å². The fourth-order valence-corrected chi connectivity index (χ4v) is 3.43. The first-order chi connectivity index (χ1) is 11.1. The first kappa shape index (κ1) is 13.9. The lowest BCUT2D eigenvalue weighted by atomic mass is 10.2. The number of nitrogens with two attached hydrogens (primary N) is 1. The Balaban J connectivity index is 1.81. The molecule has 0 unspecified atom stereocenters. The standard InChI is InChI=1S/C15H15N7S/c1-9-7-13(23-20-9)21-8-22(12-6-4-3-5-11(12)21)15-18-10(2)17-14(16)19-15/h3-7H,8H2,1-2H3,(H2,16,17,18,19). The molecule has 0 bridgehead atoms. The van der Waals surface area contributed by atoms with Gasteiger partial charge in [0.1, 0.15) is 17.5 Å². The molecule has 1 aliphatic heterocycles. The lowest BCUT2D eigenvalue weighted by molar-refractivity contribution is 0.900. The summed E-state index contributed by atoms with van der Waals surface area (Å²) in [5, 5.41) is 1.09. The van der Waals surface area contributed by atoms with Gasteiger partial charge in [-0.15, -0.1) is 0 Å². The Morgan fingerprint density at radius 1 is 1.04 bits per heavy atom. The summed E-state index contributed by atoms with van der Waals surface area (Å²) in [6.45, 7) is 4.42. The van der Waals surface area contributed by atoms with Gasteiger partial charge in [-0.05, 0) is 43.6 Å². The third-order valence-electron chi connectivity index (χ3n) is 3.62. The van der Waals surface area contributed by atoms with Crippen molar-refractivity contribution >= 4 is 39.8 Å². The average molecular weight is 325 g/mol. The maximum Gasteiger partial charge on any atom is 0.236 e. The number of anilines is 5. The minimum atomic E-state index is 0.233. The Morgan fingerprint density at radius 2 is 1.78 bits per heavy atom. The number of fused-ring (bicyclic) bond motifs is 1.